The largest absolute Gasteiger partial charge is 0.455 e. The standard InChI is InChI=1S/C13H18N2O3/c1-9(2)15-12(16)8-18-13(17)7-10-4-3-5-11(14)6-10/h3-6,9H,7-8,14H2,1-2H3,(H,15,16). The third kappa shape index (κ3) is 5.34. The molecule has 0 radical (unpaired) electrons. The van der Waals surface area contributed by atoms with Crippen molar-refractivity contribution in [3.8, 4) is 0 Å². The molecular formula is C13H18N2O3. The van der Waals surface area contributed by atoms with Crippen LogP contribution in [-0.4, -0.2) is 24.5 Å². The topological polar surface area (TPSA) is 81.4 Å². The van der Waals surface area contributed by atoms with Crippen LogP contribution in [0.5, 0.6) is 0 Å². The zero-order valence-corrected chi connectivity index (χ0v) is 10.6. The van der Waals surface area contributed by atoms with E-state index in [-0.39, 0.29) is 25.0 Å². The van der Waals surface area contributed by atoms with Crippen LogP contribution in [0.2, 0.25) is 0 Å². The summed E-state index contributed by atoms with van der Waals surface area (Å²) in [5, 5.41) is 2.63. The van der Waals surface area contributed by atoms with Gasteiger partial charge in [-0.05, 0) is 31.5 Å². The molecule has 1 rings (SSSR count). The van der Waals surface area contributed by atoms with Gasteiger partial charge < -0.3 is 15.8 Å². The van der Waals surface area contributed by atoms with Gasteiger partial charge in [0.15, 0.2) is 6.61 Å². The average molecular weight is 250 g/mol. The molecule has 0 bridgehead atoms. The first kappa shape index (κ1) is 14.0. The number of nitrogens with two attached hydrogens (primary N) is 1. The van der Waals surface area contributed by atoms with E-state index < -0.39 is 5.97 Å². The summed E-state index contributed by atoms with van der Waals surface area (Å²) in [7, 11) is 0. The van der Waals surface area contributed by atoms with Gasteiger partial charge in [0, 0.05) is 11.7 Å². The number of hydrogen-bond acceptors (Lipinski definition) is 4. The molecule has 0 aliphatic heterocycles. The average Bonchev–Trinajstić information content (AvgIpc) is 2.25. The number of carbonyl (C=O) groups is 2. The number of amides is 1. The number of ether oxygens (including phenoxy) is 1. The smallest absolute Gasteiger partial charge is 0.310 e. The quantitative estimate of drug-likeness (QED) is 0.600. The molecule has 98 valence electrons. The molecule has 3 N–H and O–H groups in total. The summed E-state index contributed by atoms with van der Waals surface area (Å²) >= 11 is 0. The zero-order valence-electron chi connectivity index (χ0n) is 10.6. The first-order valence-electron chi connectivity index (χ1n) is 5.77. The maximum Gasteiger partial charge on any atom is 0.310 e. The fourth-order valence-electron chi connectivity index (χ4n) is 1.43. The highest BCUT2D eigenvalue weighted by atomic mass is 16.5. The normalized spacial score (nSPS) is 10.2. The molecule has 0 aliphatic rings. The summed E-state index contributed by atoms with van der Waals surface area (Å²) in [5.74, 6) is -0.745. The Kier molecular flexibility index (Phi) is 5.17. The second-order valence-electron chi connectivity index (χ2n) is 4.30. The SMILES string of the molecule is CC(C)NC(=O)COC(=O)Cc1cccc(N)c1. The number of rotatable bonds is 5. The minimum atomic E-state index is -0.445. The lowest BCUT2D eigenvalue weighted by Crippen LogP contribution is -2.34. The third-order valence-electron chi connectivity index (χ3n) is 2.11. The van der Waals surface area contributed by atoms with E-state index in [4.69, 9.17) is 10.5 Å². The Labute approximate surface area is 106 Å². The first-order valence-corrected chi connectivity index (χ1v) is 5.77. The molecule has 0 atom stereocenters. The Balaban J connectivity index is 2.36. The number of nitrogen functional groups attached to an aromatic ring is 1. The van der Waals surface area contributed by atoms with Crippen molar-refractivity contribution < 1.29 is 14.3 Å². The van der Waals surface area contributed by atoms with E-state index in [2.05, 4.69) is 5.32 Å². The fourth-order valence-corrected chi connectivity index (χ4v) is 1.43. The maximum absolute atomic E-state index is 11.5. The minimum Gasteiger partial charge on any atom is -0.455 e. The van der Waals surface area contributed by atoms with E-state index >= 15 is 0 Å². The molecule has 0 aliphatic carbocycles. The number of anilines is 1. The number of carbonyl (C=O) groups excluding carboxylic acids is 2. The van der Waals surface area contributed by atoms with Crippen LogP contribution in [0.1, 0.15) is 19.4 Å². The maximum atomic E-state index is 11.5. The van der Waals surface area contributed by atoms with Gasteiger partial charge in [-0.25, -0.2) is 0 Å². The van der Waals surface area contributed by atoms with Gasteiger partial charge in [-0.1, -0.05) is 12.1 Å². The summed E-state index contributed by atoms with van der Waals surface area (Å²) in [6.07, 6.45) is 0.111. The Bertz CT molecular complexity index is 430. The predicted octanol–water partition coefficient (Wildman–Crippen LogP) is 0.879. The molecule has 1 aromatic rings. The molecule has 1 aromatic carbocycles. The van der Waals surface area contributed by atoms with Crippen molar-refractivity contribution in [1.82, 2.24) is 5.32 Å². The van der Waals surface area contributed by atoms with Crippen LogP contribution in [0.25, 0.3) is 0 Å². The molecule has 0 heterocycles. The molecule has 0 aromatic heterocycles. The van der Waals surface area contributed by atoms with E-state index in [9.17, 15) is 9.59 Å². The van der Waals surface area contributed by atoms with Gasteiger partial charge in [0.25, 0.3) is 5.91 Å². The van der Waals surface area contributed by atoms with E-state index in [1.807, 2.05) is 13.8 Å². The van der Waals surface area contributed by atoms with Crippen molar-refractivity contribution in [1.29, 1.82) is 0 Å². The lowest BCUT2D eigenvalue weighted by atomic mass is 10.1. The zero-order chi connectivity index (χ0) is 13.5. The summed E-state index contributed by atoms with van der Waals surface area (Å²) in [4.78, 5) is 22.7. The van der Waals surface area contributed by atoms with Crippen molar-refractivity contribution in [2.75, 3.05) is 12.3 Å². The van der Waals surface area contributed by atoms with Crippen LogP contribution in [0.15, 0.2) is 24.3 Å². The van der Waals surface area contributed by atoms with Crippen LogP contribution in [0.3, 0.4) is 0 Å². The van der Waals surface area contributed by atoms with Gasteiger partial charge >= 0.3 is 5.97 Å². The molecule has 0 saturated carbocycles. The number of hydrogen-bond donors (Lipinski definition) is 2. The number of nitrogens with one attached hydrogen (secondary N) is 1. The summed E-state index contributed by atoms with van der Waals surface area (Å²) in [6, 6.07) is 7.03. The summed E-state index contributed by atoms with van der Waals surface area (Å²) in [6.45, 7) is 3.43. The van der Waals surface area contributed by atoms with Crippen LogP contribution < -0.4 is 11.1 Å². The highest BCUT2D eigenvalue weighted by Crippen LogP contribution is 2.07. The van der Waals surface area contributed by atoms with Crippen molar-refractivity contribution >= 4 is 17.6 Å². The highest BCUT2D eigenvalue weighted by molar-refractivity contribution is 5.81. The minimum absolute atomic E-state index is 0.0325. The molecule has 5 heteroatoms. The first-order chi connectivity index (χ1) is 8.47. The molecule has 0 fully saturated rings. The lowest BCUT2D eigenvalue weighted by molar-refractivity contribution is -0.148. The van der Waals surface area contributed by atoms with Crippen molar-refractivity contribution in [3.63, 3.8) is 0 Å². The van der Waals surface area contributed by atoms with E-state index in [1.165, 1.54) is 0 Å². The Morgan fingerprint density at radius 3 is 2.72 bits per heavy atom. The molecule has 18 heavy (non-hydrogen) atoms. The second kappa shape index (κ2) is 6.64. The van der Waals surface area contributed by atoms with E-state index in [0.29, 0.717) is 5.69 Å². The molecule has 0 saturated heterocycles. The van der Waals surface area contributed by atoms with Gasteiger partial charge in [-0.2, -0.15) is 0 Å². The summed E-state index contributed by atoms with van der Waals surface area (Å²) < 4.78 is 4.86. The Morgan fingerprint density at radius 1 is 1.39 bits per heavy atom. The van der Waals surface area contributed by atoms with Gasteiger partial charge in [0.2, 0.25) is 0 Å². The molecule has 1 amide bonds. The Morgan fingerprint density at radius 2 is 2.11 bits per heavy atom. The summed E-state index contributed by atoms with van der Waals surface area (Å²) in [5.41, 5.74) is 6.96. The number of esters is 1. The Hall–Kier alpha value is -2.04. The lowest BCUT2D eigenvalue weighted by Gasteiger charge is -2.09. The third-order valence-corrected chi connectivity index (χ3v) is 2.11. The second-order valence-corrected chi connectivity index (χ2v) is 4.30. The molecule has 0 spiro atoms. The van der Waals surface area contributed by atoms with E-state index in [1.54, 1.807) is 24.3 Å². The van der Waals surface area contributed by atoms with Crippen molar-refractivity contribution in [3.05, 3.63) is 29.8 Å². The molecule has 5 nitrogen and oxygen atoms in total. The van der Waals surface area contributed by atoms with Crippen LogP contribution in [-0.2, 0) is 20.7 Å². The molecule has 0 unspecified atom stereocenters. The van der Waals surface area contributed by atoms with Crippen LogP contribution in [0.4, 0.5) is 5.69 Å². The van der Waals surface area contributed by atoms with Gasteiger partial charge in [0.1, 0.15) is 0 Å². The van der Waals surface area contributed by atoms with E-state index in [0.717, 1.165) is 5.56 Å². The number of benzene rings is 1. The van der Waals surface area contributed by atoms with Crippen molar-refractivity contribution in [2.24, 2.45) is 0 Å². The van der Waals surface area contributed by atoms with Gasteiger partial charge in [-0.15, -0.1) is 0 Å². The monoisotopic (exact) mass is 250 g/mol. The van der Waals surface area contributed by atoms with Gasteiger partial charge in [-0.3, -0.25) is 9.59 Å². The van der Waals surface area contributed by atoms with Crippen molar-refractivity contribution in [2.45, 2.75) is 26.3 Å². The van der Waals surface area contributed by atoms with Gasteiger partial charge in [0.05, 0.1) is 6.42 Å². The predicted molar refractivity (Wildman–Crippen MR) is 68.8 cm³/mol. The fraction of sp³-hybridized carbons (Fsp3) is 0.385. The highest BCUT2D eigenvalue weighted by Gasteiger charge is 2.09. The molecular weight excluding hydrogens is 232 g/mol. The van der Waals surface area contributed by atoms with Crippen LogP contribution >= 0.6 is 0 Å². The van der Waals surface area contributed by atoms with Crippen LogP contribution in [0, 0.1) is 0 Å².